The van der Waals surface area contributed by atoms with Gasteiger partial charge in [-0.1, -0.05) is 0 Å². The summed E-state index contributed by atoms with van der Waals surface area (Å²) >= 11 is 0. The number of amides is 1. The minimum absolute atomic E-state index is 0.0843. The summed E-state index contributed by atoms with van der Waals surface area (Å²) in [5.41, 5.74) is 0.734. The molecule has 1 fully saturated rings. The summed E-state index contributed by atoms with van der Waals surface area (Å²) < 4.78 is 0. The zero-order valence-electron chi connectivity index (χ0n) is 13.1. The Hall–Kier alpha value is -2.16. The third-order valence-electron chi connectivity index (χ3n) is 3.85. The van der Waals surface area contributed by atoms with Gasteiger partial charge < -0.3 is 9.80 Å². The molecule has 0 N–H and O–H groups in total. The summed E-state index contributed by atoms with van der Waals surface area (Å²) in [6.07, 6.45) is 3.27. The lowest BCUT2D eigenvalue weighted by Crippen LogP contribution is -2.44. The van der Waals surface area contributed by atoms with E-state index >= 15 is 0 Å². The van der Waals surface area contributed by atoms with Crippen molar-refractivity contribution in [2.24, 2.45) is 5.41 Å². The largest absolute Gasteiger partial charge is 0.347 e. The molecular formula is C15H21N5O. The third kappa shape index (κ3) is 3.13. The lowest BCUT2D eigenvalue weighted by molar-refractivity contribution is 0.0628. The second-order valence-corrected chi connectivity index (χ2v) is 6.07. The number of carbonyl (C=O) groups excluding carboxylic acids is 1. The molecule has 2 heterocycles. The molecule has 0 radical (unpaired) electrons. The van der Waals surface area contributed by atoms with E-state index in [4.69, 9.17) is 0 Å². The summed E-state index contributed by atoms with van der Waals surface area (Å²) in [6.45, 7) is 4.88. The molecule has 6 heteroatoms. The Labute approximate surface area is 125 Å². The summed E-state index contributed by atoms with van der Waals surface area (Å²) in [5.74, 6) is 0.503. The summed E-state index contributed by atoms with van der Waals surface area (Å²) in [7, 11) is 3.72. The maximum absolute atomic E-state index is 12.6. The molecule has 1 amide bonds. The van der Waals surface area contributed by atoms with Crippen molar-refractivity contribution in [1.82, 2.24) is 14.9 Å². The fourth-order valence-corrected chi connectivity index (χ4v) is 2.55. The highest BCUT2D eigenvalue weighted by atomic mass is 16.2. The first-order chi connectivity index (χ1) is 9.86. The molecule has 0 spiro atoms. The van der Waals surface area contributed by atoms with Gasteiger partial charge in [-0.15, -0.1) is 0 Å². The Morgan fingerprint density at radius 3 is 2.81 bits per heavy atom. The van der Waals surface area contributed by atoms with Crippen LogP contribution in [0, 0.1) is 23.7 Å². The van der Waals surface area contributed by atoms with Crippen molar-refractivity contribution in [1.29, 1.82) is 5.26 Å². The molecule has 112 valence electrons. The van der Waals surface area contributed by atoms with Crippen LogP contribution >= 0.6 is 0 Å². The molecule has 6 nitrogen and oxygen atoms in total. The van der Waals surface area contributed by atoms with Gasteiger partial charge in [0.1, 0.15) is 0 Å². The van der Waals surface area contributed by atoms with E-state index in [1.54, 1.807) is 16.0 Å². The van der Waals surface area contributed by atoms with E-state index in [9.17, 15) is 10.1 Å². The van der Waals surface area contributed by atoms with Crippen LogP contribution in [0.1, 0.15) is 35.8 Å². The van der Waals surface area contributed by atoms with E-state index in [2.05, 4.69) is 16.0 Å². The van der Waals surface area contributed by atoms with Gasteiger partial charge in [-0.25, -0.2) is 9.97 Å². The predicted molar refractivity (Wildman–Crippen MR) is 80.0 cm³/mol. The molecular weight excluding hydrogens is 266 g/mol. The number of carbonyl (C=O) groups is 1. The highest BCUT2D eigenvalue weighted by Crippen LogP contribution is 2.29. The van der Waals surface area contributed by atoms with Crippen LogP contribution in [0.3, 0.4) is 0 Å². The van der Waals surface area contributed by atoms with Crippen molar-refractivity contribution >= 4 is 11.9 Å². The van der Waals surface area contributed by atoms with Gasteiger partial charge in [0.2, 0.25) is 5.95 Å². The van der Waals surface area contributed by atoms with E-state index in [1.165, 1.54) is 0 Å². The molecule has 21 heavy (non-hydrogen) atoms. The molecule has 0 bridgehead atoms. The molecule has 1 aromatic rings. The number of likely N-dealkylation sites (tertiary alicyclic amines) is 1. The fraction of sp³-hybridized carbons (Fsp3) is 0.600. The minimum Gasteiger partial charge on any atom is -0.347 e. The molecule has 1 atom stereocenters. The van der Waals surface area contributed by atoms with Crippen LogP contribution in [0.4, 0.5) is 5.95 Å². The fourth-order valence-electron chi connectivity index (χ4n) is 2.55. The maximum Gasteiger partial charge on any atom is 0.257 e. The van der Waals surface area contributed by atoms with Crippen LogP contribution in [-0.2, 0) is 0 Å². The average Bonchev–Trinajstić information content (AvgIpc) is 2.46. The molecule has 1 saturated heterocycles. The van der Waals surface area contributed by atoms with Gasteiger partial charge in [-0.05, 0) is 26.7 Å². The smallest absolute Gasteiger partial charge is 0.257 e. The molecule has 1 aliphatic rings. The predicted octanol–water partition coefficient (Wildman–Crippen LogP) is 1.62. The van der Waals surface area contributed by atoms with Crippen molar-refractivity contribution in [3.63, 3.8) is 0 Å². The SMILES string of the molecule is Cc1nc(N(C)C)ncc1C(=O)N1CCCC(C)(C#N)C1. The highest BCUT2D eigenvalue weighted by molar-refractivity contribution is 5.95. The topological polar surface area (TPSA) is 73.1 Å². The first-order valence-corrected chi connectivity index (χ1v) is 7.08. The molecule has 1 aromatic heterocycles. The zero-order chi connectivity index (χ0) is 15.6. The first kappa shape index (κ1) is 15.2. The number of rotatable bonds is 2. The Kier molecular flexibility index (Phi) is 4.12. The van der Waals surface area contributed by atoms with Crippen molar-refractivity contribution in [2.75, 3.05) is 32.1 Å². The number of aromatic nitrogens is 2. The van der Waals surface area contributed by atoms with Gasteiger partial charge >= 0.3 is 0 Å². The number of hydrogen-bond acceptors (Lipinski definition) is 5. The Balaban J connectivity index is 2.22. The molecule has 0 aromatic carbocycles. The zero-order valence-corrected chi connectivity index (χ0v) is 13.1. The number of piperidine rings is 1. The average molecular weight is 287 g/mol. The lowest BCUT2D eigenvalue weighted by Gasteiger charge is -2.36. The molecule has 0 saturated carbocycles. The van der Waals surface area contributed by atoms with Gasteiger partial charge in [0, 0.05) is 33.4 Å². The summed E-state index contributed by atoms with van der Waals surface area (Å²) in [4.78, 5) is 24.7. The van der Waals surface area contributed by atoms with Crippen LogP contribution in [0.15, 0.2) is 6.20 Å². The van der Waals surface area contributed by atoms with Crippen molar-refractivity contribution in [3.8, 4) is 6.07 Å². The highest BCUT2D eigenvalue weighted by Gasteiger charge is 2.34. The number of hydrogen-bond donors (Lipinski definition) is 0. The Morgan fingerprint density at radius 1 is 1.52 bits per heavy atom. The third-order valence-corrected chi connectivity index (χ3v) is 3.85. The minimum atomic E-state index is -0.452. The maximum atomic E-state index is 12.6. The summed E-state index contributed by atoms with van der Waals surface area (Å²) in [6, 6.07) is 2.32. The van der Waals surface area contributed by atoms with Crippen LogP contribution in [-0.4, -0.2) is 48.0 Å². The van der Waals surface area contributed by atoms with E-state index in [1.807, 2.05) is 27.9 Å². The molecule has 1 aliphatic heterocycles. The second-order valence-electron chi connectivity index (χ2n) is 6.07. The van der Waals surface area contributed by atoms with Crippen LogP contribution in [0.25, 0.3) is 0 Å². The van der Waals surface area contributed by atoms with E-state index in [0.29, 0.717) is 30.3 Å². The van der Waals surface area contributed by atoms with Gasteiger partial charge in [-0.3, -0.25) is 4.79 Å². The standard InChI is InChI=1S/C15H21N5O/c1-11-12(8-17-14(18-11)19(3)4)13(21)20-7-5-6-15(2,9-16)10-20/h8H,5-7,10H2,1-4H3. The van der Waals surface area contributed by atoms with Crippen molar-refractivity contribution in [2.45, 2.75) is 26.7 Å². The number of anilines is 1. The van der Waals surface area contributed by atoms with Crippen molar-refractivity contribution < 1.29 is 4.79 Å². The Bertz CT molecular complexity index is 592. The second kappa shape index (κ2) is 5.68. The number of nitriles is 1. The van der Waals surface area contributed by atoms with Gasteiger partial charge in [0.25, 0.3) is 5.91 Å². The lowest BCUT2D eigenvalue weighted by atomic mass is 9.83. The Morgan fingerprint density at radius 2 is 2.24 bits per heavy atom. The molecule has 0 aliphatic carbocycles. The van der Waals surface area contributed by atoms with Gasteiger partial charge in [0.05, 0.1) is 22.7 Å². The molecule has 2 rings (SSSR count). The number of aryl methyl sites for hydroxylation is 1. The normalized spacial score (nSPS) is 21.8. The quantitative estimate of drug-likeness (QED) is 0.826. The van der Waals surface area contributed by atoms with Gasteiger partial charge in [-0.2, -0.15) is 5.26 Å². The monoisotopic (exact) mass is 287 g/mol. The van der Waals surface area contributed by atoms with E-state index < -0.39 is 5.41 Å². The van der Waals surface area contributed by atoms with Crippen LogP contribution < -0.4 is 4.90 Å². The van der Waals surface area contributed by atoms with Crippen molar-refractivity contribution in [3.05, 3.63) is 17.5 Å². The van der Waals surface area contributed by atoms with E-state index in [-0.39, 0.29) is 5.91 Å². The number of nitrogens with zero attached hydrogens (tertiary/aromatic N) is 5. The first-order valence-electron chi connectivity index (χ1n) is 7.08. The van der Waals surface area contributed by atoms with E-state index in [0.717, 1.165) is 12.8 Å². The summed E-state index contributed by atoms with van der Waals surface area (Å²) in [5, 5.41) is 9.25. The molecule has 1 unspecified atom stereocenters. The van der Waals surface area contributed by atoms with Gasteiger partial charge in [0.15, 0.2) is 0 Å². The van der Waals surface area contributed by atoms with Crippen LogP contribution in [0.2, 0.25) is 0 Å². The van der Waals surface area contributed by atoms with Crippen LogP contribution in [0.5, 0.6) is 0 Å².